The van der Waals surface area contributed by atoms with E-state index in [0.717, 1.165) is 6.42 Å². The Bertz CT molecular complexity index is 712. The number of carbonyl (C=O) groups is 1. The fraction of sp³-hybridized carbons (Fsp3) is 0.267. The molecule has 2 aromatic rings. The van der Waals surface area contributed by atoms with E-state index in [1.807, 2.05) is 26.0 Å². The Morgan fingerprint density at radius 1 is 1.41 bits per heavy atom. The molecule has 6 nitrogen and oxygen atoms in total. The highest BCUT2D eigenvalue weighted by atomic mass is 32.1. The molecule has 1 amide bonds. The number of nitro groups is 1. The highest BCUT2D eigenvalue weighted by molar-refractivity contribution is 7.11. The number of hydrogen-bond acceptors (Lipinski definition) is 5. The van der Waals surface area contributed by atoms with Crippen molar-refractivity contribution < 1.29 is 9.72 Å². The molecule has 0 spiro atoms. The van der Waals surface area contributed by atoms with E-state index in [2.05, 4.69) is 5.32 Å². The normalized spacial score (nSPS) is 11.9. The Labute approximate surface area is 132 Å². The molecular weight excluding hydrogens is 302 g/mol. The summed E-state index contributed by atoms with van der Waals surface area (Å²) in [6, 6.07) is 8.07. The number of nitrogens with two attached hydrogens (primary N) is 1. The van der Waals surface area contributed by atoms with Crippen LogP contribution < -0.4 is 11.1 Å². The zero-order valence-corrected chi connectivity index (χ0v) is 13.1. The zero-order valence-electron chi connectivity index (χ0n) is 12.3. The number of nitrogens with one attached hydrogen (secondary N) is 1. The van der Waals surface area contributed by atoms with Gasteiger partial charge in [0.15, 0.2) is 0 Å². The number of nitrogens with zero attached hydrogens (tertiary/aromatic N) is 1. The minimum Gasteiger partial charge on any atom is -0.393 e. The topological polar surface area (TPSA) is 98.3 Å². The van der Waals surface area contributed by atoms with E-state index in [1.165, 1.54) is 28.0 Å². The first-order valence-electron chi connectivity index (χ1n) is 6.77. The summed E-state index contributed by atoms with van der Waals surface area (Å²) in [6.07, 6.45) is 0.724. The van der Waals surface area contributed by atoms with Gasteiger partial charge >= 0.3 is 0 Å². The summed E-state index contributed by atoms with van der Waals surface area (Å²) in [4.78, 5) is 24.8. The van der Waals surface area contributed by atoms with Crippen molar-refractivity contribution in [2.45, 2.75) is 26.3 Å². The lowest BCUT2D eigenvalue weighted by Gasteiger charge is -2.13. The van der Waals surface area contributed by atoms with Gasteiger partial charge in [0.25, 0.3) is 11.6 Å². The van der Waals surface area contributed by atoms with Crippen LogP contribution in [0, 0.1) is 17.0 Å². The number of anilines is 1. The molecule has 1 heterocycles. The van der Waals surface area contributed by atoms with E-state index in [0.29, 0.717) is 0 Å². The summed E-state index contributed by atoms with van der Waals surface area (Å²) >= 11 is 1.69. The molecule has 0 saturated heterocycles. The molecule has 1 atom stereocenters. The largest absolute Gasteiger partial charge is 0.393 e. The molecule has 116 valence electrons. The maximum atomic E-state index is 12.2. The van der Waals surface area contributed by atoms with Crippen molar-refractivity contribution in [2.75, 3.05) is 5.73 Å². The average molecular weight is 319 g/mol. The Hall–Kier alpha value is -2.41. The molecule has 7 heteroatoms. The predicted octanol–water partition coefficient (Wildman–Crippen LogP) is 2.91. The van der Waals surface area contributed by atoms with Crippen molar-refractivity contribution in [3.63, 3.8) is 0 Å². The summed E-state index contributed by atoms with van der Waals surface area (Å²) in [5, 5.41) is 13.7. The third-order valence-electron chi connectivity index (χ3n) is 3.17. The molecule has 0 radical (unpaired) electrons. The molecule has 0 aliphatic heterocycles. The summed E-state index contributed by atoms with van der Waals surface area (Å²) in [7, 11) is 0. The van der Waals surface area contributed by atoms with Crippen LogP contribution in [0.1, 0.15) is 27.0 Å². The molecule has 0 aliphatic rings. The van der Waals surface area contributed by atoms with Gasteiger partial charge in [0.2, 0.25) is 0 Å². The molecule has 22 heavy (non-hydrogen) atoms. The van der Waals surface area contributed by atoms with Crippen molar-refractivity contribution >= 4 is 28.6 Å². The van der Waals surface area contributed by atoms with Crippen LogP contribution in [-0.2, 0) is 6.42 Å². The molecule has 1 aromatic carbocycles. The highest BCUT2D eigenvalue weighted by Gasteiger charge is 2.17. The monoisotopic (exact) mass is 319 g/mol. The Balaban J connectivity index is 2.05. The van der Waals surface area contributed by atoms with E-state index >= 15 is 0 Å². The number of hydrogen-bond donors (Lipinski definition) is 2. The summed E-state index contributed by atoms with van der Waals surface area (Å²) in [5.74, 6) is -0.344. The van der Waals surface area contributed by atoms with Gasteiger partial charge in [-0.15, -0.1) is 11.3 Å². The lowest BCUT2D eigenvalue weighted by molar-refractivity contribution is -0.383. The van der Waals surface area contributed by atoms with Crippen molar-refractivity contribution in [3.8, 4) is 0 Å². The minimum absolute atomic E-state index is 0.0451. The second-order valence-electron chi connectivity index (χ2n) is 5.12. The van der Waals surface area contributed by atoms with Crippen molar-refractivity contribution in [2.24, 2.45) is 0 Å². The first kappa shape index (κ1) is 16.0. The number of benzene rings is 1. The van der Waals surface area contributed by atoms with Crippen molar-refractivity contribution in [1.29, 1.82) is 0 Å². The van der Waals surface area contributed by atoms with Crippen LogP contribution in [0.15, 0.2) is 30.3 Å². The van der Waals surface area contributed by atoms with E-state index in [4.69, 9.17) is 5.73 Å². The first-order valence-corrected chi connectivity index (χ1v) is 7.58. The molecule has 0 bridgehead atoms. The molecule has 0 fully saturated rings. The molecule has 1 unspecified atom stereocenters. The van der Waals surface area contributed by atoms with Gasteiger partial charge in [0.05, 0.1) is 4.92 Å². The van der Waals surface area contributed by atoms with Gasteiger partial charge in [0.1, 0.15) is 5.69 Å². The van der Waals surface area contributed by atoms with E-state index in [1.54, 1.807) is 11.3 Å². The number of rotatable bonds is 5. The number of aryl methyl sites for hydroxylation is 1. The summed E-state index contributed by atoms with van der Waals surface area (Å²) < 4.78 is 0. The highest BCUT2D eigenvalue weighted by Crippen LogP contribution is 2.22. The third kappa shape index (κ3) is 3.82. The van der Waals surface area contributed by atoms with Crippen LogP contribution in [0.4, 0.5) is 11.4 Å². The SMILES string of the molecule is Cc1ccc(CC(C)NC(=O)c2ccc(N)c([N+](=O)[O-])c2)s1. The van der Waals surface area contributed by atoms with Gasteiger partial charge in [-0.1, -0.05) is 0 Å². The second-order valence-corrected chi connectivity index (χ2v) is 6.49. The Kier molecular flexibility index (Phi) is 4.77. The third-order valence-corrected chi connectivity index (χ3v) is 4.19. The maximum Gasteiger partial charge on any atom is 0.292 e. The summed E-state index contributed by atoms with van der Waals surface area (Å²) in [6.45, 7) is 3.93. The Morgan fingerprint density at radius 3 is 2.73 bits per heavy atom. The molecular formula is C15H17N3O3S. The van der Waals surface area contributed by atoms with Gasteiger partial charge in [-0.3, -0.25) is 14.9 Å². The number of thiophene rings is 1. The molecule has 3 N–H and O–H groups in total. The van der Waals surface area contributed by atoms with E-state index in [9.17, 15) is 14.9 Å². The number of amides is 1. The van der Waals surface area contributed by atoms with Crippen molar-refractivity contribution in [3.05, 3.63) is 55.8 Å². The molecule has 2 rings (SSSR count). The van der Waals surface area contributed by atoms with Crippen LogP contribution >= 0.6 is 11.3 Å². The summed E-state index contributed by atoms with van der Waals surface area (Å²) in [5.41, 5.74) is 5.55. The van der Waals surface area contributed by atoms with Gasteiger partial charge < -0.3 is 11.1 Å². The molecule has 1 aromatic heterocycles. The fourth-order valence-corrected chi connectivity index (χ4v) is 3.12. The minimum atomic E-state index is -0.593. The predicted molar refractivity (Wildman–Crippen MR) is 87.2 cm³/mol. The fourth-order valence-electron chi connectivity index (χ4n) is 2.10. The maximum absolute atomic E-state index is 12.2. The van der Waals surface area contributed by atoms with Crippen LogP contribution in [0.25, 0.3) is 0 Å². The molecule has 0 saturated carbocycles. The van der Waals surface area contributed by atoms with Gasteiger partial charge in [0, 0.05) is 33.8 Å². The lowest BCUT2D eigenvalue weighted by Crippen LogP contribution is -2.33. The van der Waals surface area contributed by atoms with Crippen LogP contribution in [0.2, 0.25) is 0 Å². The Morgan fingerprint density at radius 2 is 2.14 bits per heavy atom. The van der Waals surface area contributed by atoms with Gasteiger partial charge in [-0.05, 0) is 38.1 Å². The zero-order chi connectivity index (χ0) is 16.3. The number of nitro benzene ring substituents is 1. The number of nitrogen functional groups attached to an aromatic ring is 1. The average Bonchev–Trinajstić information content (AvgIpc) is 2.83. The van der Waals surface area contributed by atoms with Gasteiger partial charge in [-0.2, -0.15) is 0 Å². The second kappa shape index (κ2) is 6.57. The lowest BCUT2D eigenvalue weighted by atomic mass is 10.1. The van der Waals surface area contributed by atoms with Crippen LogP contribution in [-0.4, -0.2) is 16.9 Å². The quantitative estimate of drug-likeness (QED) is 0.503. The van der Waals surface area contributed by atoms with Crippen LogP contribution in [0.3, 0.4) is 0 Å². The van der Waals surface area contributed by atoms with E-state index < -0.39 is 4.92 Å². The smallest absolute Gasteiger partial charge is 0.292 e. The molecule has 0 aliphatic carbocycles. The van der Waals surface area contributed by atoms with Crippen molar-refractivity contribution in [1.82, 2.24) is 5.32 Å². The van der Waals surface area contributed by atoms with E-state index in [-0.39, 0.29) is 28.9 Å². The van der Waals surface area contributed by atoms with Gasteiger partial charge in [-0.25, -0.2) is 0 Å². The van der Waals surface area contributed by atoms with Crippen LogP contribution in [0.5, 0.6) is 0 Å². The standard InChI is InChI=1S/C15H17N3O3S/c1-9(7-12-5-3-10(2)22-12)17-15(19)11-4-6-13(16)14(8-11)18(20)21/h3-6,8-9H,7,16H2,1-2H3,(H,17,19). The first-order chi connectivity index (χ1) is 10.4. The number of carbonyl (C=O) groups excluding carboxylic acids is 1.